The van der Waals surface area contributed by atoms with Crippen LogP contribution in [0, 0.1) is 0 Å². The Hall–Kier alpha value is -2.21. The number of rotatable bonds is 2. The number of nitrogens with zero attached hydrogens (tertiary/aromatic N) is 1. The number of fused-ring (bicyclic) bond motifs is 5. The van der Waals surface area contributed by atoms with Crippen LogP contribution in [0.4, 0.5) is 4.39 Å². The van der Waals surface area contributed by atoms with Crippen molar-refractivity contribution in [3.05, 3.63) is 55.5 Å². The topological polar surface area (TPSA) is 54.9 Å². The van der Waals surface area contributed by atoms with Gasteiger partial charge in [0.25, 0.3) is 5.56 Å². The molecule has 0 spiro atoms. The van der Waals surface area contributed by atoms with Gasteiger partial charge in [-0.3, -0.25) is 14.3 Å². The van der Waals surface area contributed by atoms with Gasteiger partial charge < -0.3 is 0 Å². The Labute approximate surface area is 128 Å². The molecule has 22 heavy (non-hydrogen) atoms. The van der Waals surface area contributed by atoms with Crippen molar-refractivity contribution in [3.8, 4) is 11.1 Å². The first kappa shape index (κ1) is 13.5. The SMILES string of the molecule is O=c1[nH]c2sc3c(c2c(=O)n1CCF)-c1ccccc1CC3. The van der Waals surface area contributed by atoms with Crippen LogP contribution in [0.25, 0.3) is 21.3 Å². The number of halogens is 1. The third-order valence-corrected chi connectivity index (χ3v) is 5.29. The minimum atomic E-state index is -0.739. The Morgan fingerprint density at radius 1 is 1.23 bits per heavy atom. The van der Waals surface area contributed by atoms with Crippen molar-refractivity contribution in [1.82, 2.24) is 9.55 Å². The summed E-state index contributed by atoms with van der Waals surface area (Å²) >= 11 is 1.46. The smallest absolute Gasteiger partial charge is 0.298 e. The fraction of sp³-hybridized carbons (Fsp3) is 0.250. The van der Waals surface area contributed by atoms with Crippen LogP contribution < -0.4 is 11.2 Å². The molecule has 4 rings (SSSR count). The van der Waals surface area contributed by atoms with Gasteiger partial charge in [-0.15, -0.1) is 11.3 Å². The molecule has 0 saturated heterocycles. The molecule has 0 radical (unpaired) electrons. The largest absolute Gasteiger partial charge is 0.329 e. The number of hydrogen-bond donors (Lipinski definition) is 1. The Kier molecular flexibility index (Phi) is 3.00. The second kappa shape index (κ2) is 4.91. The van der Waals surface area contributed by atoms with Crippen molar-refractivity contribution in [2.75, 3.05) is 6.67 Å². The molecule has 0 fully saturated rings. The first-order chi connectivity index (χ1) is 10.7. The van der Waals surface area contributed by atoms with Crippen LogP contribution in [0.3, 0.4) is 0 Å². The predicted octanol–water partition coefficient (Wildman–Crippen LogP) is 2.49. The van der Waals surface area contributed by atoms with Crippen LogP contribution >= 0.6 is 11.3 Å². The summed E-state index contributed by atoms with van der Waals surface area (Å²) in [7, 11) is 0. The Bertz CT molecular complexity index is 1000. The molecule has 2 heterocycles. The molecule has 0 bridgehead atoms. The number of H-pyrrole nitrogens is 1. The summed E-state index contributed by atoms with van der Waals surface area (Å²) in [4.78, 5) is 29.0. The Balaban J connectivity index is 2.13. The molecule has 4 nitrogen and oxygen atoms in total. The number of hydrogen-bond acceptors (Lipinski definition) is 3. The molecule has 1 N–H and O–H groups in total. The molecule has 1 aliphatic carbocycles. The van der Waals surface area contributed by atoms with Gasteiger partial charge in [-0.1, -0.05) is 24.3 Å². The molecule has 2 aromatic heterocycles. The zero-order valence-electron chi connectivity index (χ0n) is 11.7. The van der Waals surface area contributed by atoms with Crippen LogP contribution in [-0.2, 0) is 19.4 Å². The van der Waals surface area contributed by atoms with Crippen LogP contribution in [-0.4, -0.2) is 16.2 Å². The number of aromatic nitrogens is 2. The van der Waals surface area contributed by atoms with E-state index >= 15 is 0 Å². The van der Waals surface area contributed by atoms with Gasteiger partial charge in [0.15, 0.2) is 0 Å². The van der Waals surface area contributed by atoms with Gasteiger partial charge in [-0.25, -0.2) is 9.18 Å². The first-order valence-electron chi connectivity index (χ1n) is 7.13. The molecule has 1 aliphatic rings. The van der Waals surface area contributed by atoms with Gasteiger partial charge in [0.05, 0.1) is 11.9 Å². The molecular formula is C16H13FN2O2S. The summed E-state index contributed by atoms with van der Waals surface area (Å²) in [6.45, 7) is -0.951. The second-order valence-corrected chi connectivity index (χ2v) is 6.44. The molecule has 112 valence electrons. The highest BCUT2D eigenvalue weighted by atomic mass is 32.1. The lowest BCUT2D eigenvalue weighted by molar-refractivity contribution is 0.434. The number of aryl methyl sites for hydroxylation is 2. The number of thiophene rings is 1. The zero-order chi connectivity index (χ0) is 15.3. The standard InChI is InChI=1S/C16H13FN2O2S/c17-7-8-19-15(20)13-12-10-4-2-1-3-9(10)5-6-11(12)22-14(13)18-16(19)21/h1-4H,5-8H2,(H,18,21). The summed E-state index contributed by atoms with van der Waals surface area (Å²) < 4.78 is 13.6. The maximum atomic E-state index is 12.7. The van der Waals surface area contributed by atoms with E-state index in [2.05, 4.69) is 11.1 Å². The summed E-state index contributed by atoms with van der Waals surface area (Å²) in [6.07, 6.45) is 1.79. The average molecular weight is 316 g/mol. The van der Waals surface area contributed by atoms with E-state index < -0.39 is 17.9 Å². The molecule has 1 aromatic carbocycles. The third-order valence-electron chi connectivity index (χ3n) is 4.12. The highest BCUT2D eigenvalue weighted by Crippen LogP contribution is 2.41. The molecule has 3 aromatic rings. The van der Waals surface area contributed by atoms with E-state index in [4.69, 9.17) is 0 Å². The molecule has 0 unspecified atom stereocenters. The lowest BCUT2D eigenvalue weighted by Gasteiger charge is -2.16. The van der Waals surface area contributed by atoms with E-state index in [0.717, 1.165) is 33.4 Å². The zero-order valence-corrected chi connectivity index (χ0v) is 12.5. The van der Waals surface area contributed by atoms with Crippen LogP contribution in [0.2, 0.25) is 0 Å². The maximum Gasteiger partial charge on any atom is 0.329 e. The molecule has 0 saturated carbocycles. The maximum absolute atomic E-state index is 12.7. The van der Waals surface area contributed by atoms with Gasteiger partial charge >= 0.3 is 5.69 Å². The van der Waals surface area contributed by atoms with Crippen LogP contribution in [0.1, 0.15) is 10.4 Å². The van der Waals surface area contributed by atoms with E-state index in [1.165, 1.54) is 16.9 Å². The summed E-state index contributed by atoms with van der Waals surface area (Å²) in [5.74, 6) is 0. The van der Waals surface area contributed by atoms with Crippen LogP contribution in [0.15, 0.2) is 33.9 Å². The van der Waals surface area contributed by atoms with Crippen molar-refractivity contribution < 1.29 is 4.39 Å². The predicted molar refractivity (Wildman–Crippen MR) is 85.5 cm³/mol. The average Bonchev–Trinajstić information content (AvgIpc) is 2.90. The highest BCUT2D eigenvalue weighted by molar-refractivity contribution is 7.19. The Morgan fingerprint density at radius 2 is 2.05 bits per heavy atom. The summed E-state index contributed by atoms with van der Waals surface area (Å²) in [5.41, 5.74) is 2.23. The number of nitrogens with one attached hydrogen (secondary N) is 1. The minimum Gasteiger partial charge on any atom is -0.298 e. The van der Waals surface area contributed by atoms with Gasteiger partial charge in [-0.05, 0) is 24.0 Å². The normalized spacial score (nSPS) is 13.1. The van der Waals surface area contributed by atoms with Gasteiger partial charge in [0, 0.05) is 10.4 Å². The number of aromatic amines is 1. The second-order valence-electron chi connectivity index (χ2n) is 5.34. The lowest BCUT2D eigenvalue weighted by atomic mass is 9.89. The summed E-state index contributed by atoms with van der Waals surface area (Å²) in [6, 6.07) is 8.00. The minimum absolute atomic E-state index is 0.212. The fourth-order valence-corrected chi connectivity index (χ4v) is 4.34. The number of alkyl halides is 1. The monoisotopic (exact) mass is 316 g/mol. The van der Waals surface area contributed by atoms with E-state index in [9.17, 15) is 14.0 Å². The van der Waals surface area contributed by atoms with Gasteiger partial charge in [0.1, 0.15) is 11.5 Å². The Morgan fingerprint density at radius 3 is 2.86 bits per heavy atom. The van der Waals surface area contributed by atoms with Crippen molar-refractivity contribution in [2.45, 2.75) is 19.4 Å². The molecule has 6 heteroatoms. The molecule has 0 aliphatic heterocycles. The van der Waals surface area contributed by atoms with Crippen LogP contribution in [0.5, 0.6) is 0 Å². The first-order valence-corrected chi connectivity index (χ1v) is 7.95. The van der Waals surface area contributed by atoms with Crippen molar-refractivity contribution in [3.63, 3.8) is 0 Å². The van der Waals surface area contributed by atoms with Crippen molar-refractivity contribution in [1.29, 1.82) is 0 Å². The fourth-order valence-electron chi connectivity index (χ4n) is 3.14. The van der Waals surface area contributed by atoms with Crippen molar-refractivity contribution >= 4 is 21.6 Å². The van der Waals surface area contributed by atoms with Gasteiger partial charge in [0.2, 0.25) is 0 Å². The van der Waals surface area contributed by atoms with Crippen molar-refractivity contribution in [2.24, 2.45) is 0 Å². The van der Waals surface area contributed by atoms with E-state index in [0.29, 0.717) is 10.2 Å². The van der Waals surface area contributed by atoms with E-state index in [1.54, 1.807) is 0 Å². The quantitative estimate of drug-likeness (QED) is 0.790. The molecule has 0 atom stereocenters. The lowest BCUT2D eigenvalue weighted by Crippen LogP contribution is -2.35. The van der Waals surface area contributed by atoms with Gasteiger partial charge in [-0.2, -0.15) is 0 Å². The van der Waals surface area contributed by atoms with E-state index in [1.807, 2.05) is 18.2 Å². The van der Waals surface area contributed by atoms with E-state index in [-0.39, 0.29) is 6.54 Å². The third kappa shape index (κ3) is 1.80. The molecular weight excluding hydrogens is 303 g/mol. The highest BCUT2D eigenvalue weighted by Gasteiger charge is 2.24. The summed E-state index contributed by atoms with van der Waals surface area (Å²) in [5, 5.41) is 0.514. The molecule has 0 amide bonds. The number of benzene rings is 1.